The number of hydrogen-bond acceptors (Lipinski definition) is 4. The fourth-order valence-electron chi connectivity index (χ4n) is 1.88. The number of hydrogen-bond donors (Lipinski definition) is 3. The second kappa shape index (κ2) is 6.83. The Balaban J connectivity index is 2.18. The molecule has 1 aliphatic heterocycles. The Kier molecular flexibility index (Phi) is 5.73. The van der Waals surface area contributed by atoms with Gasteiger partial charge in [-0.05, 0) is 20.3 Å². The van der Waals surface area contributed by atoms with E-state index < -0.39 is 0 Å². The molecule has 1 amide bonds. The number of aliphatic hydroxyl groups is 1. The number of ether oxygens (including phenoxy) is 1. The van der Waals surface area contributed by atoms with Crippen LogP contribution in [0.2, 0.25) is 0 Å². The molecule has 16 heavy (non-hydrogen) atoms. The first kappa shape index (κ1) is 13.4. The summed E-state index contributed by atoms with van der Waals surface area (Å²) in [6.45, 7) is 5.74. The van der Waals surface area contributed by atoms with Crippen LogP contribution in [0.15, 0.2) is 0 Å². The monoisotopic (exact) mass is 230 g/mol. The van der Waals surface area contributed by atoms with Gasteiger partial charge in [0.25, 0.3) is 0 Å². The highest BCUT2D eigenvalue weighted by molar-refractivity contribution is 5.76. The molecular weight excluding hydrogens is 208 g/mol. The van der Waals surface area contributed by atoms with Gasteiger partial charge in [0.1, 0.15) is 0 Å². The third-order valence-electron chi connectivity index (χ3n) is 2.53. The van der Waals surface area contributed by atoms with E-state index in [-0.39, 0.29) is 24.1 Å². The highest BCUT2D eigenvalue weighted by atomic mass is 16.5. The molecular formula is C11H22N2O3. The van der Waals surface area contributed by atoms with Crippen LogP contribution in [-0.4, -0.2) is 49.0 Å². The van der Waals surface area contributed by atoms with E-state index in [0.29, 0.717) is 19.4 Å². The standard InChI is InChI=1S/C11H22N2O3/c1-8(5-9(2)14)13-11(15)6-10-7-16-4-3-12-10/h8-10,12,14H,3-7H2,1-2H3,(H,13,15). The van der Waals surface area contributed by atoms with Gasteiger partial charge >= 0.3 is 0 Å². The van der Waals surface area contributed by atoms with Crippen molar-refractivity contribution in [3.63, 3.8) is 0 Å². The van der Waals surface area contributed by atoms with Crippen LogP contribution in [0.1, 0.15) is 26.7 Å². The first-order valence-electron chi connectivity index (χ1n) is 5.86. The molecule has 3 unspecified atom stereocenters. The van der Waals surface area contributed by atoms with Crippen molar-refractivity contribution in [1.29, 1.82) is 0 Å². The van der Waals surface area contributed by atoms with Crippen LogP contribution in [0.5, 0.6) is 0 Å². The summed E-state index contributed by atoms with van der Waals surface area (Å²) < 4.78 is 5.27. The lowest BCUT2D eigenvalue weighted by molar-refractivity contribution is -0.123. The molecule has 1 fully saturated rings. The maximum Gasteiger partial charge on any atom is 0.221 e. The Morgan fingerprint density at radius 2 is 2.38 bits per heavy atom. The van der Waals surface area contributed by atoms with Gasteiger partial charge in [-0.3, -0.25) is 4.79 Å². The Morgan fingerprint density at radius 1 is 1.62 bits per heavy atom. The first-order valence-corrected chi connectivity index (χ1v) is 5.86. The zero-order valence-corrected chi connectivity index (χ0v) is 10.0. The van der Waals surface area contributed by atoms with Gasteiger partial charge < -0.3 is 20.5 Å². The van der Waals surface area contributed by atoms with Crippen LogP contribution in [0.3, 0.4) is 0 Å². The predicted octanol–water partition coefficient (Wildman–Crippen LogP) is -0.359. The summed E-state index contributed by atoms with van der Waals surface area (Å²) in [7, 11) is 0. The van der Waals surface area contributed by atoms with Gasteiger partial charge in [-0.1, -0.05) is 0 Å². The molecule has 3 atom stereocenters. The molecule has 1 saturated heterocycles. The van der Waals surface area contributed by atoms with Crippen LogP contribution < -0.4 is 10.6 Å². The van der Waals surface area contributed by atoms with E-state index in [1.807, 2.05) is 6.92 Å². The van der Waals surface area contributed by atoms with Crippen molar-refractivity contribution in [2.24, 2.45) is 0 Å². The molecule has 0 aromatic rings. The van der Waals surface area contributed by atoms with Crippen LogP contribution in [-0.2, 0) is 9.53 Å². The highest BCUT2D eigenvalue weighted by Gasteiger charge is 2.18. The summed E-state index contributed by atoms with van der Waals surface area (Å²) >= 11 is 0. The molecule has 5 heteroatoms. The van der Waals surface area contributed by atoms with Gasteiger partial charge in [-0.2, -0.15) is 0 Å². The quantitative estimate of drug-likeness (QED) is 0.603. The van der Waals surface area contributed by atoms with Crippen LogP contribution >= 0.6 is 0 Å². The molecule has 0 spiro atoms. The minimum Gasteiger partial charge on any atom is -0.393 e. The van der Waals surface area contributed by atoms with Gasteiger partial charge in [0.05, 0.1) is 19.3 Å². The number of morpholine rings is 1. The number of carbonyl (C=O) groups excluding carboxylic acids is 1. The second-order valence-corrected chi connectivity index (χ2v) is 4.48. The van der Waals surface area contributed by atoms with Gasteiger partial charge in [-0.15, -0.1) is 0 Å². The average molecular weight is 230 g/mol. The van der Waals surface area contributed by atoms with Crippen LogP contribution in [0, 0.1) is 0 Å². The Morgan fingerprint density at radius 3 is 2.94 bits per heavy atom. The van der Waals surface area contributed by atoms with Crippen molar-refractivity contribution in [3.05, 3.63) is 0 Å². The Bertz CT molecular complexity index is 215. The summed E-state index contributed by atoms with van der Waals surface area (Å²) in [4.78, 5) is 11.6. The zero-order chi connectivity index (χ0) is 12.0. The second-order valence-electron chi connectivity index (χ2n) is 4.48. The highest BCUT2D eigenvalue weighted by Crippen LogP contribution is 2.01. The molecule has 3 N–H and O–H groups in total. The lowest BCUT2D eigenvalue weighted by Gasteiger charge is -2.24. The molecule has 94 valence electrons. The van der Waals surface area contributed by atoms with E-state index in [9.17, 15) is 9.90 Å². The largest absolute Gasteiger partial charge is 0.393 e. The predicted molar refractivity (Wildman–Crippen MR) is 61.1 cm³/mol. The fourth-order valence-corrected chi connectivity index (χ4v) is 1.88. The van der Waals surface area contributed by atoms with Gasteiger partial charge in [0, 0.05) is 25.0 Å². The molecule has 0 aromatic heterocycles. The summed E-state index contributed by atoms with van der Waals surface area (Å²) in [5, 5.41) is 15.3. The molecule has 5 nitrogen and oxygen atoms in total. The maximum absolute atomic E-state index is 11.6. The average Bonchev–Trinajstić information content (AvgIpc) is 2.17. The van der Waals surface area contributed by atoms with Crippen molar-refractivity contribution in [3.8, 4) is 0 Å². The number of aliphatic hydroxyl groups excluding tert-OH is 1. The fraction of sp³-hybridized carbons (Fsp3) is 0.909. The molecule has 1 rings (SSSR count). The molecule has 0 aliphatic carbocycles. The van der Waals surface area contributed by atoms with E-state index in [1.165, 1.54) is 0 Å². The van der Waals surface area contributed by atoms with Crippen molar-refractivity contribution in [1.82, 2.24) is 10.6 Å². The number of rotatable bonds is 5. The lowest BCUT2D eigenvalue weighted by Crippen LogP contribution is -2.45. The molecule has 0 radical (unpaired) electrons. The maximum atomic E-state index is 11.6. The molecule has 0 saturated carbocycles. The van der Waals surface area contributed by atoms with E-state index in [4.69, 9.17) is 4.74 Å². The third kappa shape index (κ3) is 5.44. The van der Waals surface area contributed by atoms with Gasteiger partial charge in [0.15, 0.2) is 0 Å². The summed E-state index contributed by atoms with van der Waals surface area (Å²) in [6.07, 6.45) is 0.635. The third-order valence-corrected chi connectivity index (χ3v) is 2.53. The Hall–Kier alpha value is -0.650. The van der Waals surface area contributed by atoms with Crippen molar-refractivity contribution < 1.29 is 14.6 Å². The van der Waals surface area contributed by atoms with Gasteiger partial charge in [-0.25, -0.2) is 0 Å². The molecule has 1 aliphatic rings. The van der Waals surface area contributed by atoms with E-state index >= 15 is 0 Å². The molecule has 0 aromatic carbocycles. The van der Waals surface area contributed by atoms with Crippen molar-refractivity contribution in [2.75, 3.05) is 19.8 Å². The van der Waals surface area contributed by atoms with Crippen LogP contribution in [0.4, 0.5) is 0 Å². The van der Waals surface area contributed by atoms with Crippen molar-refractivity contribution in [2.45, 2.75) is 44.9 Å². The number of amides is 1. The van der Waals surface area contributed by atoms with Crippen LogP contribution in [0.25, 0.3) is 0 Å². The van der Waals surface area contributed by atoms with E-state index in [0.717, 1.165) is 13.2 Å². The Labute approximate surface area is 96.6 Å². The number of nitrogens with one attached hydrogen (secondary N) is 2. The normalized spacial score (nSPS) is 24.8. The van der Waals surface area contributed by atoms with E-state index in [1.54, 1.807) is 6.92 Å². The van der Waals surface area contributed by atoms with Crippen molar-refractivity contribution >= 4 is 5.91 Å². The lowest BCUT2D eigenvalue weighted by atomic mass is 10.1. The minimum atomic E-state index is -0.383. The summed E-state index contributed by atoms with van der Waals surface area (Å²) in [5.74, 6) is 0.0103. The smallest absolute Gasteiger partial charge is 0.221 e. The van der Waals surface area contributed by atoms with E-state index in [2.05, 4.69) is 10.6 Å². The summed E-state index contributed by atoms with van der Waals surface area (Å²) in [5.41, 5.74) is 0. The first-order chi connectivity index (χ1) is 7.58. The topological polar surface area (TPSA) is 70.6 Å². The zero-order valence-electron chi connectivity index (χ0n) is 10.0. The minimum absolute atomic E-state index is 0.0103. The SMILES string of the molecule is CC(O)CC(C)NC(=O)CC1COCCN1. The van der Waals surface area contributed by atoms with Gasteiger partial charge in [0.2, 0.25) is 5.91 Å². The number of carbonyl (C=O) groups is 1. The summed E-state index contributed by atoms with van der Waals surface area (Å²) in [6, 6.07) is 0.129. The molecule has 0 bridgehead atoms. The molecule has 1 heterocycles.